The average molecular weight is 286 g/mol. The van der Waals surface area contributed by atoms with E-state index in [4.69, 9.17) is 9.84 Å². The van der Waals surface area contributed by atoms with Crippen molar-refractivity contribution in [1.29, 1.82) is 0 Å². The number of aliphatic carboxylic acids is 1. The highest BCUT2D eigenvalue weighted by Gasteiger charge is 2.27. The lowest BCUT2D eigenvalue weighted by molar-refractivity contribution is -0.139. The molecule has 2 atom stereocenters. The van der Waals surface area contributed by atoms with Crippen LogP contribution in [0.2, 0.25) is 0 Å². The van der Waals surface area contributed by atoms with E-state index in [1.54, 1.807) is 11.8 Å². The van der Waals surface area contributed by atoms with Gasteiger partial charge in [0.05, 0.1) is 0 Å². The summed E-state index contributed by atoms with van der Waals surface area (Å²) >= 11 is 0. The third-order valence-electron chi connectivity index (χ3n) is 3.18. The molecule has 20 heavy (non-hydrogen) atoms. The van der Waals surface area contributed by atoms with E-state index in [0.717, 1.165) is 19.3 Å². The van der Waals surface area contributed by atoms with E-state index in [0.29, 0.717) is 13.1 Å². The summed E-state index contributed by atoms with van der Waals surface area (Å²) in [6.45, 7) is 8.28. The molecule has 1 amide bonds. The van der Waals surface area contributed by atoms with Crippen LogP contribution in [-0.4, -0.2) is 52.8 Å². The van der Waals surface area contributed by atoms with Crippen LogP contribution >= 0.6 is 0 Å². The van der Waals surface area contributed by atoms with Crippen molar-refractivity contribution < 1.29 is 19.4 Å². The fourth-order valence-corrected chi connectivity index (χ4v) is 2.20. The van der Waals surface area contributed by atoms with Crippen molar-refractivity contribution in [3.05, 3.63) is 0 Å². The summed E-state index contributed by atoms with van der Waals surface area (Å²) in [5, 5.41) is 12.0. The van der Waals surface area contributed by atoms with Gasteiger partial charge in [0.1, 0.15) is 11.6 Å². The van der Waals surface area contributed by atoms with Crippen LogP contribution in [0.3, 0.4) is 0 Å². The summed E-state index contributed by atoms with van der Waals surface area (Å²) < 4.78 is 5.38. The molecule has 1 rings (SSSR count). The number of carbonyl (C=O) groups excluding carboxylic acids is 1. The van der Waals surface area contributed by atoms with Crippen molar-refractivity contribution >= 4 is 12.1 Å². The molecule has 1 aliphatic rings. The van der Waals surface area contributed by atoms with Crippen molar-refractivity contribution in [2.45, 2.75) is 64.6 Å². The quantitative estimate of drug-likeness (QED) is 0.827. The Morgan fingerprint density at radius 1 is 1.35 bits per heavy atom. The molecule has 0 bridgehead atoms. The lowest BCUT2D eigenvalue weighted by Crippen LogP contribution is -2.48. The number of hydrogen-bond acceptors (Lipinski definition) is 4. The van der Waals surface area contributed by atoms with E-state index in [9.17, 15) is 9.59 Å². The standard InChI is InChI=1S/C14H26N2O4/c1-10(12(17)18)15-11-7-5-6-8-16(9-11)13(19)20-14(2,3)4/h10-11,15H,5-9H2,1-4H3,(H,17,18). The zero-order valence-corrected chi connectivity index (χ0v) is 12.8. The zero-order valence-electron chi connectivity index (χ0n) is 12.8. The second-order valence-electron chi connectivity index (χ2n) is 6.35. The zero-order chi connectivity index (χ0) is 15.3. The first-order valence-corrected chi connectivity index (χ1v) is 7.16. The Hall–Kier alpha value is -1.30. The molecule has 116 valence electrons. The van der Waals surface area contributed by atoms with Crippen LogP contribution in [0.25, 0.3) is 0 Å². The first-order valence-electron chi connectivity index (χ1n) is 7.16. The maximum absolute atomic E-state index is 12.1. The van der Waals surface area contributed by atoms with Gasteiger partial charge in [0.15, 0.2) is 0 Å². The third-order valence-corrected chi connectivity index (χ3v) is 3.18. The summed E-state index contributed by atoms with van der Waals surface area (Å²) in [6.07, 6.45) is 2.44. The first-order chi connectivity index (χ1) is 9.19. The number of likely N-dealkylation sites (tertiary alicyclic amines) is 1. The lowest BCUT2D eigenvalue weighted by Gasteiger charge is -2.29. The van der Waals surface area contributed by atoms with Gasteiger partial charge in [-0.3, -0.25) is 4.79 Å². The van der Waals surface area contributed by atoms with Gasteiger partial charge in [-0.15, -0.1) is 0 Å². The van der Waals surface area contributed by atoms with Crippen LogP contribution in [0.1, 0.15) is 47.0 Å². The van der Waals surface area contributed by atoms with E-state index in [-0.39, 0.29) is 12.1 Å². The molecule has 6 heteroatoms. The molecule has 0 aromatic carbocycles. The predicted octanol–water partition coefficient (Wildman–Crippen LogP) is 1.84. The van der Waals surface area contributed by atoms with Gasteiger partial charge < -0.3 is 20.1 Å². The molecule has 6 nitrogen and oxygen atoms in total. The first kappa shape index (κ1) is 16.8. The summed E-state index contributed by atoms with van der Waals surface area (Å²) in [6, 6.07) is -0.616. The second-order valence-corrected chi connectivity index (χ2v) is 6.35. The maximum atomic E-state index is 12.1. The van der Waals surface area contributed by atoms with Crippen molar-refractivity contribution in [3.63, 3.8) is 0 Å². The van der Waals surface area contributed by atoms with Crippen LogP contribution < -0.4 is 5.32 Å². The molecule has 0 aliphatic carbocycles. The van der Waals surface area contributed by atoms with E-state index in [1.165, 1.54) is 0 Å². The van der Waals surface area contributed by atoms with Gasteiger partial charge in [0.2, 0.25) is 0 Å². The summed E-state index contributed by atoms with van der Waals surface area (Å²) in [5.41, 5.74) is -0.513. The summed E-state index contributed by atoms with van der Waals surface area (Å²) in [4.78, 5) is 24.7. The monoisotopic (exact) mass is 286 g/mol. The molecular weight excluding hydrogens is 260 g/mol. The van der Waals surface area contributed by atoms with Crippen molar-refractivity contribution in [3.8, 4) is 0 Å². The fourth-order valence-electron chi connectivity index (χ4n) is 2.20. The number of carboxylic acids is 1. The van der Waals surface area contributed by atoms with Gasteiger partial charge in [0.25, 0.3) is 0 Å². The normalized spacial score (nSPS) is 22.0. The molecule has 0 saturated carbocycles. The molecule has 0 spiro atoms. The highest BCUT2D eigenvalue weighted by atomic mass is 16.6. The number of ether oxygens (including phenoxy) is 1. The number of rotatable bonds is 3. The Morgan fingerprint density at radius 2 is 2.00 bits per heavy atom. The molecule has 1 fully saturated rings. The third kappa shape index (κ3) is 5.77. The Bertz CT molecular complexity index is 352. The molecule has 0 radical (unpaired) electrons. The van der Waals surface area contributed by atoms with Gasteiger partial charge in [-0.05, 0) is 40.5 Å². The van der Waals surface area contributed by atoms with Crippen LogP contribution in [0.5, 0.6) is 0 Å². The van der Waals surface area contributed by atoms with E-state index < -0.39 is 17.6 Å². The van der Waals surface area contributed by atoms with Crippen molar-refractivity contribution in [2.24, 2.45) is 0 Å². The minimum atomic E-state index is -0.877. The average Bonchev–Trinajstić information content (AvgIpc) is 2.52. The predicted molar refractivity (Wildman–Crippen MR) is 75.7 cm³/mol. The molecule has 1 aliphatic heterocycles. The molecule has 2 unspecified atom stereocenters. The topological polar surface area (TPSA) is 78.9 Å². The second kappa shape index (κ2) is 6.92. The van der Waals surface area contributed by atoms with Gasteiger partial charge in [0, 0.05) is 19.1 Å². The Morgan fingerprint density at radius 3 is 2.55 bits per heavy atom. The smallest absolute Gasteiger partial charge is 0.410 e. The molecule has 1 saturated heterocycles. The number of carbonyl (C=O) groups is 2. The minimum Gasteiger partial charge on any atom is -0.480 e. The van der Waals surface area contributed by atoms with Crippen LogP contribution in [0.15, 0.2) is 0 Å². The molecular formula is C14H26N2O4. The van der Waals surface area contributed by atoms with Gasteiger partial charge in [-0.2, -0.15) is 0 Å². The Kier molecular flexibility index (Phi) is 5.80. The van der Waals surface area contributed by atoms with Crippen LogP contribution in [0, 0.1) is 0 Å². The van der Waals surface area contributed by atoms with Gasteiger partial charge in [-0.1, -0.05) is 6.42 Å². The van der Waals surface area contributed by atoms with E-state index >= 15 is 0 Å². The minimum absolute atomic E-state index is 0.00359. The Balaban J connectivity index is 2.60. The molecule has 0 aromatic heterocycles. The van der Waals surface area contributed by atoms with Crippen molar-refractivity contribution in [1.82, 2.24) is 10.2 Å². The van der Waals surface area contributed by atoms with E-state index in [2.05, 4.69) is 5.32 Å². The SMILES string of the molecule is CC(NC1CCCCN(C(=O)OC(C)(C)C)C1)C(=O)O. The summed E-state index contributed by atoms with van der Waals surface area (Å²) in [7, 11) is 0. The van der Waals surface area contributed by atoms with Gasteiger partial charge >= 0.3 is 12.1 Å². The highest BCUT2D eigenvalue weighted by Crippen LogP contribution is 2.15. The van der Waals surface area contributed by atoms with Crippen LogP contribution in [-0.2, 0) is 9.53 Å². The van der Waals surface area contributed by atoms with Gasteiger partial charge in [-0.25, -0.2) is 4.79 Å². The lowest BCUT2D eigenvalue weighted by atomic mass is 10.1. The number of nitrogens with zero attached hydrogens (tertiary/aromatic N) is 1. The number of nitrogens with one attached hydrogen (secondary N) is 1. The number of carboxylic acid groups (broad SMARTS) is 1. The molecule has 2 N–H and O–H groups in total. The number of hydrogen-bond donors (Lipinski definition) is 2. The number of amides is 1. The maximum Gasteiger partial charge on any atom is 0.410 e. The van der Waals surface area contributed by atoms with Crippen LogP contribution in [0.4, 0.5) is 4.79 Å². The molecule has 0 aromatic rings. The fraction of sp³-hybridized carbons (Fsp3) is 0.857. The van der Waals surface area contributed by atoms with E-state index in [1.807, 2.05) is 20.8 Å². The summed E-state index contributed by atoms with van der Waals surface area (Å²) in [5.74, 6) is -0.877. The van der Waals surface area contributed by atoms with Crippen molar-refractivity contribution in [2.75, 3.05) is 13.1 Å². The largest absolute Gasteiger partial charge is 0.480 e. The Labute approximate surface area is 120 Å². The highest BCUT2D eigenvalue weighted by molar-refractivity contribution is 5.73. The molecule has 1 heterocycles.